The molecule has 94 valence electrons. The van der Waals surface area contributed by atoms with Crippen molar-refractivity contribution in [2.75, 3.05) is 7.05 Å². The number of hydrogen-bond acceptors (Lipinski definition) is 2. The van der Waals surface area contributed by atoms with Crippen LogP contribution in [0, 0.1) is 13.8 Å². The van der Waals surface area contributed by atoms with Gasteiger partial charge in [-0.1, -0.05) is 34.1 Å². The van der Waals surface area contributed by atoms with Gasteiger partial charge in [-0.15, -0.1) is 0 Å². The molecule has 3 heteroatoms. The van der Waals surface area contributed by atoms with Crippen LogP contribution in [-0.2, 0) is 0 Å². The molecular weight excluding hydrogens is 288 g/mol. The fourth-order valence-electron chi connectivity index (χ4n) is 2.02. The van der Waals surface area contributed by atoms with E-state index in [1.54, 1.807) is 0 Å². The lowest BCUT2D eigenvalue weighted by atomic mass is 9.99. The molecule has 0 fully saturated rings. The highest BCUT2D eigenvalue weighted by Crippen LogP contribution is 2.28. The van der Waals surface area contributed by atoms with Gasteiger partial charge in [0.2, 0.25) is 0 Å². The molecular formula is C15H17BrN2. The van der Waals surface area contributed by atoms with Gasteiger partial charge in [0.15, 0.2) is 0 Å². The summed E-state index contributed by atoms with van der Waals surface area (Å²) in [6.45, 7) is 4.09. The molecule has 1 aromatic heterocycles. The van der Waals surface area contributed by atoms with Crippen LogP contribution in [0.3, 0.4) is 0 Å². The minimum atomic E-state index is 0.160. The van der Waals surface area contributed by atoms with E-state index < -0.39 is 0 Å². The van der Waals surface area contributed by atoms with Crippen LogP contribution in [0.25, 0.3) is 0 Å². The molecule has 0 spiro atoms. The molecule has 0 aliphatic rings. The number of aryl methyl sites for hydroxylation is 2. The Hall–Kier alpha value is -1.19. The molecule has 0 aliphatic heterocycles. The molecule has 2 rings (SSSR count). The van der Waals surface area contributed by atoms with Crippen LogP contribution in [-0.4, -0.2) is 12.0 Å². The van der Waals surface area contributed by atoms with Crippen LogP contribution in [0.2, 0.25) is 0 Å². The van der Waals surface area contributed by atoms with Crippen molar-refractivity contribution in [3.8, 4) is 0 Å². The monoisotopic (exact) mass is 304 g/mol. The first kappa shape index (κ1) is 13.2. The highest BCUT2D eigenvalue weighted by atomic mass is 79.9. The first-order valence-corrected chi connectivity index (χ1v) is 6.77. The average Bonchev–Trinajstić information content (AvgIpc) is 2.35. The molecule has 2 nitrogen and oxygen atoms in total. The fourth-order valence-corrected chi connectivity index (χ4v) is 2.74. The van der Waals surface area contributed by atoms with Crippen molar-refractivity contribution in [3.05, 3.63) is 63.4 Å². The molecule has 0 aliphatic carbocycles. The van der Waals surface area contributed by atoms with Gasteiger partial charge in [-0.3, -0.25) is 4.98 Å². The maximum atomic E-state index is 4.37. The van der Waals surface area contributed by atoms with E-state index in [-0.39, 0.29) is 6.04 Å². The number of nitrogens with one attached hydrogen (secondary N) is 1. The van der Waals surface area contributed by atoms with E-state index >= 15 is 0 Å². The van der Waals surface area contributed by atoms with Gasteiger partial charge in [-0.05, 0) is 49.7 Å². The minimum absolute atomic E-state index is 0.160. The number of rotatable bonds is 3. The Morgan fingerprint density at radius 1 is 1.17 bits per heavy atom. The molecule has 1 N–H and O–H groups in total. The van der Waals surface area contributed by atoms with Crippen molar-refractivity contribution in [1.82, 2.24) is 10.3 Å². The van der Waals surface area contributed by atoms with E-state index in [1.807, 2.05) is 26.2 Å². The van der Waals surface area contributed by atoms with Crippen LogP contribution in [0.4, 0.5) is 0 Å². The molecule has 1 heterocycles. The zero-order chi connectivity index (χ0) is 13.1. The van der Waals surface area contributed by atoms with Crippen LogP contribution in [0.1, 0.15) is 28.4 Å². The molecule has 0 radical (unpaired) electrons. The zero-order valence-electron chi connectivity index (χ0n) is 10.9. The quantitative estimate of drug-likeness (QED) is 0.933. The maximum absolute atomic E-state index is 4.37. The molecule has 1 unspecified atom stereocenters. The van der Waals surface area contributed by atoms with Crippen molar-refractivity contribution in [3.63, 3.8) is 0 Å². The van der Waals surface area contributed by atoms with Gasteiger partial charge in [0.1, 0.15) is 0 Å². The molecule has 0 saturated heterocycles. The van der Waals surface area contributed by atoms with Crippen LogP contribution in [0.15, 0.2) is 41.0 Å². The van der Waals surface area contributed by atoms with Crippen LogP contribution in [0.5, 0.6) is 0 Å². The Labute approximate surface area is 117 Å². The summed E-state index contributed by atoms with van der Waals surface area (Å²) in [6, 6.07) is 10.7. The predicted molar refractivity (Wildman–Crippen MR) is 78.8 cm³/mol. The van der Waals surface area contributed by atoms with Crippen molar-refractivity contribution in [1.29, 1.82) is 0 Å². The third-order valence-electron chi connectivity index (χ3n) is 3.02. The van der Waals surface area contributed by atoms with Gasteiger partial charge in [-0.25, -0.2) is 0 Å². The number of aromatic nitrogens is 1. The first-order valence-electron chi connectivity index (χ1n) is 5.97. The Bertz CT molecular complexity index is 535. The summed E-state index contributed by atoms with van der Waals surface area (Å²) in [7, 11) is 1.97. The first-order chi connectivity index (χ1) is 8.61. The van der Waals surface area contributed by atoms with Gasteiger partial charge in [0.05, 0.1) is 6.04 Å². The molecule has 1 aromatic carbocycles. The summed E-state index contributed by atoms with van der Waals surface area (Å²) in [5, 5.41) is 3.34. The summed E-state index contributed by atoms with van der Waals surface area (Å²) in [5.74, 6) is 0. The summed E-state index contributed by atoms with van der Waals surface area (Å²) in [6.07, 6.45) is 1.93. The molecule has 1 atom stereocenters. The zero-order valence-corrected chi connectivity index (χ0v) is 12.5. The number of nitrogens with zero attached hydrogens (tertiary/aromatic N) is 1. The van der Waals surface area contributed by atoms with Crippen LogP contribution >= 0.6 is 15.9 Å². The van der Waals surface area contributed by atoms with E-state index in [0.29, 0.717) is 0 Å². The Morgan fingerprint density at radius 3 is 2.50 bits per heavy atom. The third kappa shape index (κ3) is 2.79. The van der Waals surface area contributed by atoms with Crippen molar-refractivity contribution in [2.45, 2.75) is 19.9 Å². The van der Waals surface area contributed by atoms with Crippen molar-refractivity contribution >= 4 is 15.9 Å². The topological polar surface area (TPSA) is 24.9 Å². The van der Waals surface area contributed by atoms with Crippen molar-refractivity contribution in [2.24, 2.45) is 0 Å². The number of halogens is 1. The normalized spacial score (nSPS) is 12.4. The second kappa shape index (κ2) is 5.63. The van der Waals surface area contributed by atoms with Crippen LogP contribution < -0.4 is 5.32 Å². The van der Waals surface area contributed by atoms with E-state index in [1.165, 1.54) is 16.7 Å². The minimum Gasteiger partial charge on any atom is -0.309 e. The Kier molecular flexibility index (Phi) is 4.15. The fraction of sp³-hybridized carbons (Fsp3) is 0.267. The second-order valence-corrected chi connectivity index (χ2v) is 5.33. The van der Waals surface area contributed by atoms with Gasteiger partial charge in [0, 0.05) is 16.4 Å². The van der Waals surface area contributed by atoms with Crippen molar-refractivity contribution < 1.29 is 0 Å². The van der Waals surface area contributed by atoms with Gasteiger partial charge in [-0.2, -0.15) is 0 Å². The van der Waals surface area contributed by atoms with Gasteiger partial charge < -0.3 is 5.32 Å². The number of hydrogen-bond donors (Lipinski definition) is 1. The summed E-state index contributed by atoms with van der Waals surface area (Å²) in [5.41, 5.74) is 4.69. The average molecular weight is 305 g/mol. The smallest absolute Gasteiger partial charge is 0.0600 e. The SMILES string of the molecule is CNC(c1ccc(C)nc1)c1ccc(C)cc1Br. The van der Waals surface area contributed by atoms with E-state index in [2.05, 4.69) is 57.4 Å². The Morgan fingerprint density at radius 2 is 1.94 bits per heavy atom. The summed E-state index contributed by atoms with van der Waals surface area (Å²) < 4.78 is 1.13. The predicted octanol–water partition coefficient (Wildman–Crippen LogP) is 3.77. The summed E-state index contributed by atoms with van der Waals surface area (Å²) >= 11 is 3.64. The highest BCUT2D eigenvalue weighted by molar-refractivity contribution is 9.10. The molecule has 18 heavy (non-hydrogen) atoms. The molecule has 0 bridgehead atoms. The molecule has 0 amide bonds. The van der Waals surface area contributed by atoms with Gasteiger partial charge >= 0.3 is 0 Å². The second-order valence-electron chi connectivity index (χ2n) is 4.48. The lowest BCUT2D eigenvalue weighted by Crippen LogP contribution is -2.18. The lowest BCUT2D eigenvalue weighted by molar-refractivity contribution is 0.685. The molecule has 2 aromatic rings. The van der Waals surface area contributed by atoms with E-state index in [0.717, 1.165) is 10.2 Å². The van der Waals surface area contributed by atoms with E-state index in [4.69, 9.17) is 0 Å². The maximum Gasteiger partial charge on any atom is 0.0600 e. The number of pyridine rings is 1. The lowest BCUT2D eigenvalue weighted by Gasteiger charge is -2.19. The molecule has 0 saturated carbocycles. The third-order valence-corrected chi connectivity index (χ3v) is 3.71. The van der Waals surface area contributed by atoms with E-state index in [9.17, 15) is 0 Å². The largest absolute Gasteiger partial charge is 0.309 e. The van der Waals surface area contributed by atoms with Gasteiger partial charge in [0.25, 0.3) is 0 Å². The number of benzene rings is 1. The summed E-state index contributed by atoms with van der Waals surface area (Å²) in [4.78, 5) is 4.37. The highest BCUT2D eigenvalue weighted by Gasteiger charge is 2.15. The standard InChI is InChI=1S/C15H17BrN2/c1-10-4-7-13(14(16)8-10)15(17-3)12-6-5-11(2)18-9-12/h4-9,15,17H,1-3H3. The Balaban J connectivity index is 2.41.